The first-order valence-corrected chi connectivity index (χ1v) is 12.7. The lowest BCUT2D eigenvalue weighted by Crippen LogP contribution is -2.50. The lowest BCUT2D eigenvalue weighted by Gasteiger charge is -2.41. The molecule has 0 N–H and O–H groups in total. The predicted molar refractivity (Wildman–Crippen MR) is 119 cm³/mol. The van der Waals surface area contributed by atoms with Gasteiger partial charge in [-0.25, -0.2) is 17.6 Å². The molecule has 7 nitrogen and oxygen atoms in total. The summed E-state index contributed by atoms with van der Waals surface area (Å²) in [6, 6.07) is 10.5. The Morgan fingerprint density at radius 1 is 1.06 bits per heavy atom. The molecule has 2 aromatic carbocycles. The van der Waals surface area contributed by atoms with Crippen molar-refractivity contribution in [2.24, 2.45) is 5.92 Å². The minimum atomic E-state index is -3.37. The molecule has 1 atom stereocenters. The number of carbonyl (C=O) groups excluding carboxylic acids is 1. The van der Waals surface area contributed by atoms with Gasteiger partial charge in [0.2, 0.25) is 0 Å². The molecular weight excluding hydrogens is 449 g/mol. The van der Waals surface area contributed by atoms with Crippen molar-refractivity contribution in [3.05, 3.63) is 53.8 Å². The second-order valence-electron chi connectivity index (χ2n) is 9.50. The molecule has 2 aliphatic heterocycles. The Bertz CT molecular complexity index is 1150. The zero-order chi connectivity index (χ0) is 24.0. The Morgan fingerprint density at radius 3 is 2.24 bits per heavy atom. The molecule has 0 bridgehead atoms. The van der Waals surface area contributed by atoms with Crippen LogP contribution in [0, 0.1) is 11.7 Å². The summed E-state index contributed by atoms with van der Waals surface area (Å²) in [5.74, 6) is -1.17. The van der Waals surface area contributed by atoms with Gasteiger partial charge in [0, 0.05) is 36.9 Å². The van der Waals surface area contributed by atoms with Crippen molar-refractivity contribution in [3.8, 4) is 11.5 Å². The fraction of sp³-hybridized carbons (Fsp3) is 0.458. The van der Waals surface area contributed by atoms with Crippen LogP contribution in [0.4, 0.5) is 9.18 Å². The van der Waals surface area contributed by atoms with Crippen molar-refractivity contribution in [3.63, 3.8) is 0 Å². The van der Waals surface area contributed by atoms with Crippen LogP contribution in [0.25, 0.3) is 0 Å². The van der Waals surface area contributed by atoms with E-state index in [-0.39, 0.29) is 22.7 Å². The van der Waals surface area contributed by atoms with Gasteiger partial charge in [0.15, 0.2) is 21.3 Å². The van der Waals surface area contributed by atoms with Crippen LogP contribution in [-0.2, 0) is 20.4 Å². The normalized spacial score (nSPS) is 21.2. The number of halogens is 1. The first-order chi connectivity index (χ1) is 15.4. The number of hydrogen-bond acceptors (Lipinski definition) is 6. The molecule has 0 aliphatic carbocycles. The van der Waals surface area contributed by atoms with Crippen molar-refractivity contribution in [1.82, 2.24) is 4.90 Å². The first-order valence-electron chi connectivity index (χ1n) is 10.8. The van der Waals surface area contributed by atoms with E-state index in [1.54, 1.807) is 17.0 Å². The SMILES string of the molecule is CC(C)(C)OC(=O)N1CCC(C2(c3ccc(S(C)(=O)=O)cc3)Oc3ccc(F)cc3O2)CC1. The zero-order valence-electron chi connectivity index (χ0n) is 19.1. The van der Waals surface area contributed by atoms with Crippen LogP contribution in [0.5, 0.6) is 11.5 Å². The number of carbonyl (C=O) groups is 1. The second-order valence-corrected chi connectivity index (χ2v) is 11.5. The summed E-state index contributed by atoms with van der Waals surface area (Å²) in [6.07, 6.45) is 1.89. The van der Waals surface area contributed by atoms with Crippen molar-refractivity contribution in [2.75, 3.05) is 19.3 Å². The highest BCUT2D eigenvalue weighted by atomic mass is 32.2. The van der Waals surface area contributed by atoms with Crippen molar-refractivity contribution < 1.29 is 31.8 Å². The van der Waals surface area contributed by atoms with Gasteiger partial charge in [-0.3, -0.25) is 0 Å². The van der Waals surface area contributed by atoms with Gasteiger partial charge in [-0.2, -0.15) is 0 Å². The Kier molecular flexibility index (Phi) is 5.80. The molecule has 1 amide bonds. The summed E-state index contributed by atoms with van der Waals surface area (Å²) in [7, 11) is -3.37. The Labute approximate surface area is 193 Å². The fourth-order valence-electron chi connectivity index (χ4n) is 4.22. The minimum absolute atomic E-state index is 0.171. The van der Waals surface area contributed by atoms with E-state index >= 15 is 0 Å². The number of rotatable bonds is 3. The molecule has 33 heavy (non-hydrogen) atoms. The highest BCUT2D eigenvalue weighted by molar-refractivity contribution is 7.90. The van der Waals surface area contributed by atoms with Crippen molar-refractivity contribution in [2.45, 2.75) is 49.9 Å². The molecule has 9 heteroatoms. The largest absolute Gasteiger partial charge is 0.444 e. The van der Waals surface area contributed by atoms with E-state index < -0.39 is 27.0 Å². The number of likely N-dealkylation sites (tertiary alicyclic amines) is 1. The summed E-state index contributed by atoms with van der Waals surface area (Å²) in [5.41, 5.74) is 0.0436. The zero-order valence-corrected chi connectivity index (χ0v) is 19.9. The maximum absolute atomic E-state index is 13.9. The maximum Gasteiger partial charge on any atom is 0.410 e. The molecule has 0 aromatic heterocycles. The number of amides is 1. The van der Waals surface area contributed by atoms with Gasteiger partial charge < -0.3 is 19.1 Å². The number of ether oxygens (including phenoxy) is 3. The van der Waals surface area contributed by atoms with E-state index in [1.165, 1.54) is 30.3 Å². The van der Waals surface area contributed by atoms with Crippen molar-refractivity contribution in [1.29, 1.82) is 0 Å². The van der Waals surface area contributed by atoms with Crippen LogP contribution < -0.4 is 9.47 Å². The Morgan fingerprint density at radius 2 is 1.67 bits per heavy atom. The molecule has 4 rings (SSSR count). The number of piperidine rings is 1. The van der Waals surface area contributed by atoms with Gasteiger partial charge in [0.05, 0.1) is 4.90 Å². The fourth-order valence-corrected chi connectivity index (χ4v) is 4.85. The van der Waals surface area contributed by atoms with Gasteiger partial charge in [-0.15, -0.1) is 0 Å². The van der Waals surface area contributed by atoms with E-state index in [4.69, 9.17) is 14.2 Å². The lowest BCUT2D eigenvalue weighted by molar-refractivity contribution is -0.148. The van der Waals surface area contributed by atoms with Crippen LogP contribution in [0.1, 0.15) is 39.2 Å². The molecule has 2 heterocycles. The number of benzene rings is 2. The minimum Gasteiger partial charge on any atom is -0.444 e. The van der Waals surface area contributed by atoms with Gasteiger partial charge in [-0.05, 0) is 70.0 Å². The molecule has 2 aromatic rings. The second kappa shape index (κ2) is 8.20. The highest BCUT2D eigenvalue weighted by Gasteiger charge is 2.51. The molecule has 1 fully saturated rings. The topological polar surface area (TPSA) is 82.1 Å². The number of nitrogens with zero attached hydrogens (tertiary/aromatic N) is 1. The van der Waals surface area contributed by atoms with E-state index in [2.05, 4.69) is 0 Å². The monoisotopic (exact) mass is 477 g/mol. The van der Waals surface area contributed by atoms with Gasteiger partial charge >= 0.3 is 6.09 Å². The third-order valence-electron chi connectivity index (χ3n) is 5.80. The average Bonchev–Trinajstić information content (AvgIpc) is 3.12. The van der Waals surface area contributed by atoms with Gasteiger partial charge in [-0.1, -0.05) is 0 Å². The van der Waals surface area contributed by atoms with E-state index in [0.29, 0.717) is 37.2 Å². The van der Waals surface area contributed by atoms with Crippen LogP contribution in [0.3, 0.4) is 0 Å². The maximum atomic E-state index is 13.9. The molecular formula is C24H28FNO6S. The third kappa shape index (κ3) is 4.78. The summed E-state index contributed by atoms with van der Waals surface area (Å²) in [5, 5.41) is 0. The molecule has 0 saturated carbocycles. The van der Waals surface area contributed by atoms with Crippen molar-refractivity contribution >= 4 is 15.9 Å². The van der Waals surface area contributed by atoms with Gasteiger partial charge in [0.25, 0.3) is 5.79 Å². The highest BCUT2D eigenvalue weighted by Crippen LogP contribution is 2.50. The summed E-state index contributed by atoms with van der Waals surface area (Å²) >= 11 is 0. The van der Waals surface area contributed by atoms with E-state index in [9.17, 15) is 17.6 Å². The molecule has 1 unspecified atom stereocenters. The van der Waals surface area contributed by atoms with Crippen LogP contribution in [0.2, 0.25) is 0 Å². The molecule has 0 radical (unpaired) electrons. The summed E-state index contributed by atoms with van der Waals surface area (Å²) in [4.78, 5) is 14.3. The molecule has 2 aliphatic rings. The standard InChI is InChI=1S/C24H28FNO6S/c1-23(2,3)32-22(27)26-13-11-17(12-14-26)24(16-5-8-19(9-6-16)33(4,28)29)30-20-10-7-18(25)15-21(20)31-24/h5-10,15,17H,11-14H2,1-4H3. The summed E-state index contributed by atoms with van der Waals surface area (Å²) < 4.78 is 55.7. The summed E-state index contributed by atoms with van der Waals surface area (Å²) in [6.45, 7) is 6.36. The number of hydrogen-bond donors (Lipinski definition) is 0. The van der Waals surface area contributed by atoms with Crippen LogP contribution in [-0.4, -0.2) is 44.4 Å². The van der Waals surface area contributed by atoms with Crippen LogP contribution in [0.15, 0.2) is 47.4 Å². The first kappa shape index (κ1) is 23.4. The smallest absolute Gasteiger partial charge is 0.410 e. The Hall–Kier alpha value is -2.81. The van der Waals surface area contributed by atoms with Gasteiger partial charge in [0.1, 0.15) is 11.4 Å². The lowest BCUT2D eigenvalue weighted by atomic mass is 9.84. The van der Waals surface area contributed by atoms with E-state index in [1.807, 2.05) is 20.8 Å². The average molecular weight is 478 g/mol. The quantitative estimate of drug-likeness (QED) is 0.647. The van der Waals surface area contributed by atoms with E-state index in [0.717, 1.165) is 6.26 Å². The number of sulfone groups is 1. The van der Waals surface area contributed by atoms with Crippen LogP contribution >= 0.6 is 0 Å². The number of fused-ring (bicyclic) bond motifs is 1. The Balaban J connectivity index is 1.62. The molecule has 1 saturated heterocycles. The third-order valence-corrected chi connectivity index (χ3v) is 6.93. The molecule has 0 spiro atoms. The predicted octanol–water partition coefficient (Wildman–Crippen LogP) is 4.50. The molecule has 178 valence electrons.